The highest BCUT2D eigenvalue weighted by molar-refractivity contribution is 5.44. The van der Waals surface area contributed by atoms with Gasteiger partial charge in [0.25, 0.3) is 0 Å². The fourth-order valence-corrected chi connectivity index (χ4v) is 2.31. The molecule has 1 saturated carbocycles. The summed E-state index contributed by atoms with van der Waals surface area (Å²) in [6.07, 6.45) is 12.7. The molecule has 1 aliphatic carbocycles. The minimum Gasteiger partial charge on any atom is -0.343 e. The molecule has 0 aromatic carbocycles. The van der Waals surface area contributed by atoms with Crippen LogP contribution in [-0.2, 0) is 0 Å². The molecule has 1 aromatic heterocycles. The van der Waals surface area contributed by atoms with E-state index in [1.165, 1.54) is 11.8 Å². The van der Waals surface area contributed by atoms with Gasteiger partial charge in [0, 0.05) is 22.8 Å². The number of aromatic nitrogens is 1. The highest BCUT2D eigenvalue weighted by atomic mass is 15.2. The van der Waals surface area contributed by atoms with Gasteiger partial charge in [-0.15, -0.1) is 6.42 Å². The molecule has 0 amide bonds. The molecule has 0 spiro atoms. The van der Waals surface area contributed by atoms with Crippen LogP contribution in [0.4, 0.5) is 0 Å². The fraction of sp³-hybridized carbons (Fsp3) is 0.429. The van der Waals surface area contributed by atoms with Crippen LogP contribution in [0, 0.1) is 12.3 Å². The van der Waals surface area contributed by atoms with Crippen molar-refractivity contribution in [3.63, 3.8) is 0 Å². The van der Waals surface area contributed by atoms with Gasteiger partial charge >= 0.3 is 0 Å². The maximum Gasteiger partial charge on any atom is 0.0508 e. The molecule has 1 aromatic rings. The summed E-state index contributed by atoms with van der Waals surface area (Å²) in [5, 5.41) is 2.39. The van der Waals surface area contributed by atoms with E-state index < -0.39 is 0 Å². The maximum atomic E-state index is 5.32. The van der Waals surface area contributed by atoms with Crippen molar-refractivity contribution in [2.75, 3.05) is 14.1 Å². The van der Waals surface area contributed by atoms with E-state index in [-0.39, 0.29) is 0 Å². The second-order valence-electron chi connectivity index (χ2n) is 4.50. The van der Waals surface area contributed by atoms with Crippen molar-refractivity contribution in [2.24, 2.45) is 0 Å². The minimum absolute atomic E-state index is 0.612. The molecule has 2 heteroatoms. The number of hydrogen-bond donors (Lipinski definition) is 0. The van der Waals surface area contributed by atoms with Gasteiger partial charge in [-0.3, -0.25) is 0 Å². The molecule has 1 heterocycles. The second kappa shape index (κ2) is 4.19. The first-order valence-electron chi connectivity index (χ1n) is 5.65. The predicted molar refractivity (Wildman–Crippen MR) is 68.2 cm³/mol. The molecule has 1 fully saturated rings. The zero-order valence-electron chi connectivity index (χ0n) is 10.1. The quantitative estimate of drug-likeness (QED) is 0.654. The first-order valence-corrected chi connectivity index (χ1v) is 5.65. The van der Waals surface area contributed by atoms with Crippen LogP contribution in [0.5, 0.6) is 0 Å². The Morgan fingerprint density at radius 3 is 2.81 bits per heavy atom. The molecule has 0 N–H and O–H groups in total. The summed E-state index contributed by atoms with van der Waals surface area (Å²) >= 11 is 0. The van der Waals surface area contributed by atoms with Crippen LogP contribution in [0.2, 0.25) is 0 Å². The molecule has 2 rings (SSSR count). The lowest BCUT2D eigenvalue weighted by molar-refractivity contribution is 0.374. The summed E-state index contributed by atoms with van der Waals surface area (Å²) in [7, 11) is 4.27. The topological polar surface area (TPSA) is 8.17 Å². The van der Waals surface area contributed by atoms with E-state index in [0.29, 0.717) is 12.1 Å². The number of likely N-dealkylation sites (N-methyl/N-ethyl adjacent to an activating group) is 1. The van der Waals surface area contributed by atoms with Crippen molar-refractivity contribution >= 4 is 12.2 Å². The number of terminal acetylenes is 1. The first-order chi connectivity index (χ1) is 7.69. The van der Waals surface area contributed by atoms with Gasteiger partial charge in [0.15, 0.2) is 0 Å². The highest BCUT2D eigenvalue weighted by Gasteiger charge is 2.40. The smallest absolute Gasteiger partial charge is 0.0508 e. The Kier molecular flexibility index (Phi) is 2.89. The summed E-state index contributed by atoms with van der Waals surface area (Å²) in [4.78, 5) is 2.29. The van der Waals surface area contributed by atoms with Crippen LogP contribution in [0.1, 0.15) is 19.4 Å². The standard InChI is InChI=1S/C14H18N2/c1-5-7-11-8-9-16(12(11)6-2)14-10-13(14)15(3)4/h1,6-9,13-14H,10H2,2-4H3/b11-7-,12-6+. The lowest BCUT2D eigenvalue weighted by atomic mass is 10.3. The van der Waals surface area contributed by atoms with Gasteiger partial charge in [-0.25, -0.2) is 0 Å². The van der Waals surface area contributed by atoms with E-state index in [2.05, 4.69) is 54.7 Å². The summed E-state index contributed by atoms with van der Waals surface area (Å²) in [5.74, 6) is 2.60. The monoisotopic (exact) mass is 214 g/mol. The van der Waals surface area contributed by atoms with Crippen LogP contribution in [0.25, 0.3) is 12.2 Å². The number of nitrogens with zero attached hydrogens (tertiary/aromatic N) is 2. The zero-order valence-corrected chi connectivity index (χ0v) is 10.1. The Morgan fingerprint density at radius 2 is 2.31 bits per heavy atom. The van der Waals surface area contributed by atoms with Crippen LogP contribution in [0.15, 0.2) is 12.3 Å². The molecule has 16 heavy (non-hydrogen) atoms. The van der Waals surface area contributed by atoms with Gasteiger partial charge < -0.3 is 9.47 Å². The summed E-state index contributed by atoms with van der Waals surface area (Å²) < 4.78 is 2.34. The molecule has 84 valence electrons. The van der Waals surface area contributed by atoms with Gasteiger partial charge in [0.1, 0.15) is 0 Å². The normalized spacial score (nSPS) is 26.2. The summed E-state index contributed by atoms with van der Waals surface area (Å²) in [6, 6.07) is 3.38. The van der Waals surface area contributed by atoms with Crippen molar-refractivity contribution in [3.8, 4) is 12.3 Å². The molecule has 0 saturated heterocycles. The third-order valence-corrected chi connectivity index (χ3v) is 3.25. The van der Waals surface area contributed by atoms with Crippen molar-refractivity contribution in [3.05, 3.63) is 22.8 Å². The molecular weight excluding hydrogens is 196 g/mol. The van der Waals surface area contributed by atoms with Crippen molar-refractivity contribution in [2.45, 2.75) is 25.4 Å². The average Bonchev–Trinajstić information content (AvgIpc) is 2.95. The van der Waals surface area contributed by atoms with Gasteiger partial charge in [0.05, 0.1) is 6.04 Å². The van der Waals surface area contributed by atoms with E-state index in [9.17, 15) is 0 Å². The van der Waals surface area contributed by atoms with Gasteiger partial charge in [-0.05, 0) is 39.6 Å². The SMILES string of the molecule is C#C/C=c1/ccn(C2CC2N(C)C)/c1=C/C. The van der Waals surface area contributed by atoms with Crippen LogP contribution in [0.3, 0.4) is 0 Å². The molecule has 1 aliphatic rings. The van der Waals surface area contributed by atoms with E-state index >= 15 is 0 Å². The fourth-order valence-electron chi connectivity index (χ4n) is 2.31. The largest absolute Gasteiger partial charge is 0.343 e. The molecular formula is C14H18N2. The Balaban J connectivity index is 2.40. The number of hydrogen-bond acceptors (Lipinski definition) is 1. The lowest BCUT2D eigenvalue weighted by Crippen LogP contribution is -2.30. The van der Waals surface area contributed by atoms with Gasteiger partial charge in [0.2, 0.25) is 0 Å². The van der Waals surface area contributed by atoms with E-state index in [4.69, 9.17) is 6.42 Å². The lowest BCUT2D eigenvalue weighted by Gasteiger charge is -2.09. The molecule has 0 bridgehead atoms. The van der Waals surface area contributed by atoms with Crippen LogP contribution in [-0.4, -0.2) is 29.6 Å². The number of rotatable bonds is 2. The van der Waals surface area contributed by atoms with E-state index in [0.717, 1.165) is 5.22 Å². The summed E-state index contributed by atoms with van der Waals surface area (Å²) in [6.45, 7) is 2.06. The van der Waals surface area contributed by atoms with Crippen molar-refractivity contribution < 1.29 is 0 Å². The Morgan fingerprint density at radius 1 is 1.56 bits per heavy atom. The molecule has 2 unspecified atom stereocenters. The van der Waals surface area contributed by atoms with E-state index in [1.54, 1.807) is 0 Å². The summed E-state index contributed by atoms with van der Waals surface area (Å²) in [5.41, 5.74) is 0. The Hall–Kier alpha value is -1.46. The highest BCUT2D eigenvalue weighted by Crippen LogP contribution is 2.37. The maximum absolute atomic E-state index is 5.32. The minimum atomic E-state index is 0.612. The molecule has 0 aliphatic heterocycles. The third-order valence-electron chi connectivity index (χ3n) is 3.25. The van der Waals surface area contributed by atoms with Crippen LogP contribution >= 0.6 is 0 Å². The van der Waals surface area contributed by atoms with Crippen molar-refractivity contribution in [1.29, 1.82) is 0 Å². The van der Waals surface area contributed by atoms with Crippen molar-refractivity contribution in [1.82, 2.24) is 9.47 Å². The third kappa shape index (κ3) is 1.79. The molecule has 2 nitrogen and oxygen atoms in total. The van der Waals surface area contributed by atoms with E-state index in [1.807, 2.05) is 6.08 Å². The van der Waals surface area contributed by atoms with Crippen LogP contribution < -0.4 is 10.6 Å². The zero-order chi connectivity index (χ0) is 11.7. The Labute approximate surface area is 96.9 Å². The molecule has 2 atom stereocenters. The Bertz CT molecular complexity index is 528. The van der Waals surface area contributed by atoms with Gasteiger partial charge in [-0.1, -0.05) is 12.0 Å². The second-order valence-corrected chi connectivity index (χ2v) is 4.50. The first kappa shape index (κ1) is 11.0. The molecule has 0 radical (unpaired) electrons. The predicted octanol–water partition coefficient (Wildman–Crippen LogP) is 0.577. The van der Waals surface area contributed by atoms with Gasteiger partial charge in [-0.2, -0.15) is 0 Å². The average molecular weight is 214 g/mol.